The summed E-state index contributed by atoms with van der Waals surface area (Å²) < 4.78 is 6.62. The van der Waals surface area contributed by atoms with Gasteiger partial charge in [0.25, 0.3) is 5.91 Å². The van der Waals surface area contributed by atoms with Crippen LogP contribution in [0.5, 0.6) is 11.5 Å². The van der Waals surface area contributed by atoms with Crippen molar-refractivity contribution in [2.45, 2.75) is 18.0 Å². The fourth-order valence-corrected chi connectivity index (χ4v) is 6.68. The second kappa shape index (κ2) is 9.52. The van der Waals surface area contributed by atoms with Crippen molar-refractivity contribution in [3.8, 4) is 11.5 Å². The van der Waals surface area contributed by atoms with Gasteiger partial charge in [-0.1, -0.05) is 36.4 Å². The summed E-state index contributed by atoms with van der Waals surface area (Å²) in [5, 5.41) is 7.03. The van der Waals surface area contributed by atoms with E-state index in [4.69, 9.17) is 21.9 Å². The lowest BCUT2D eigenvalue weighted by Gasteiger charge is -2.36. The highest BCUT2D eigenvalue weighted by molar-refractivity contribution is 7.21. The van der Waals surface area contributed by atoms with Crippen LogP contribution < -0.4 is 32.6 Å². The molecule has 0 bridgehead atoms. The Balaban J connectivity index is 1.39. The zero-order valence-corrected chi connectivity index (χ0v) is 21.5. The van der Waals surface area contributed by atoms with E-state index in [1.54, 1.807) is 36.4 Å². The highest BCUT2D eigenvalue weighted by Crippen LogP contribution is 2.49. The van der Waals surface area contributed by atoms with E-state index in [0.29, 0.717) is 61.3 Å². The number of nitrogens with two attached hydrogens (primary N) is 3. The molecule has 1 aromatic heterocycles. The number of ketones is 1. The Morgan fingerprint density at radius 2 is 1.82 bits per heavy atom. The predicted molar refractivity (Wildman–Crippen MR) is 149 cm³/mol. The van der Waals surface area contributed by atoms with Gasteiger partial charge in [0.05, 0.1) is 15.6 Å². The molecule has 3 atom stereocenters. The molecule has 4 aromatic rings. The van der Waals surface area contributed by atoms with E-state index in [0.717, 1.165) is 19.5 Å². The van der Waals surface area contributed by atoms with E-state index in [2.05, 4.69) is 10.6 Å². The number of carbonyl (C=O) groups excluding carboxylic acids is 2. The lowest BCUT2D eigenvalue weighted by molar-refractivity contribution is -0.124. The Hall–Kier alpha value is -3.76. The Morgan fingerprint density at radius 3 is 2.53 bits per heavy atom. The van der Waals surface area contributed by atoms with Crippen LogP contribution in [0.15, 0.2) is 66.7 Å². The van der Waals surface area contributed by atoms with Crippen molar-refractivity contribution in [2.24, 2.45) is 17.4 Å². The number of nitrogens with one attached hydrogen (secondary N) is 2. The third kappa shape index (κ3) is 3.95. The topological polar surface area (TPSA) is 145 Å². The molecule has 1 saturated heterocycles. The zero-order valence-electron chi connectivity index (χ0n) is 20.7. The van der Waals surface area contributed by atoms with Gasteiger partial charge in [0.2, 0.25) is 0 Å². The molecule has 0 radical (unpaired) electrons. The van der Waals surface area contributed by atoms with Crippen LogP contribution in [0.25, 0.3) is 10.1 Å². The van der Waals surface area contributed by atoms with Crippen LogP contribution in [-0.2, 0) is 10.3 Å². The molecule has 1 fully saturated rings. The average Bonchev–Trinajstić information content (AvgIpc) is 3.60. The smallest absolute Gasteiger partial charge is 0.261 e. The number of ether oxygens (including phenoxy) is 1. The van der Waals surface area contributed by atoms with Gasteiger partial charge in [0, 0.05) is 23.2 Å². The molecule has 38 heavy (non-hydrogen) atoms. The first kappa shape index (κ1) is 24.6. The molecule has 2 aliphatic rings. The number of carbonyl (C=O) groups is 2. The van der Waals surface area contributed by atoms with E-state index in [1.807, 2.05) is 30.3 Å². The number of para-hydroxylation sites is 1. The van der Waals surface area contributed by atoms with Gasteiger partial charge < -0.3 is 32.6 Å². The number of rotatable bonds is 6. The first-order chi connectivity index (χ1) is 18.4. The van der Waals surface area contributed by atoms with Crippen molar-refractivity contribution < 1.29 is 14.3 Å². The van der Waals surface area contributed by atoms with Crippen molar-refractivity contribution in [3.63, 3.8) is 0 Å². The van der Waals surface area contributed by atoms with Gasteiger partial charge in [-0.3, -0.25) is 9.59 Å². The maximum absolute atomic E-state index is 13.9. The molecule has 1 amide bonds. The summed E-state index contributed by atoms with van der Waals surface area (Å²) in [5.74, 6) is 1.09. The summed E-state index contributed by atoms with van der Waals surface area (Å²) in [6, 6.07) is 19.0. The lowest BCUT2D eigenvalue weighted by Crippen LogP contribution is -2.52. The number of nitrogen functional groups attached to an aromatic ring is 1. The van der Waals surface area contributed by atoms with E-state index in [-0.39, 0.29) is 11.7 Å². The number of amides is 1. The second-order valence-corrected chi connectivity index (χ2v) is 10.9. The molecule has 0 spiro atoms. The number of thiophene rings is 1. The highest BCUT2D eigenvalue weighted by atomic mass is 32.1. The molecule has 194 valence electrons. The van der Waals surface area contributed by atoms with Gasteiger partial charge in [-0.15, -0.1) is 11.3 Å². The van der Waals surface area contributed by atoms with Crippen LogP contribution in [-0.4, -0.2) is 31.3 Å². The first-order valence-electron chi connectivity index (χ1n) is 12.6. The van der Waals surface area contributed by atoms with E-state index in [1.165, 1.54) is 11.3 Å². The van der Waals surface area contributed by atoms with E-state index < -0.39 is 11.6 Å². The number of anilines is 1. The van der Waals surface area contributed by atoms with Crippen molar-refractivity contribution >= 4 is 38.8 Å². The summed E-state index contributed by atoms with van der Waals surface area (Å²) in [6.45, 7) is 2.38. The number of hydrogen-bond donors (Lipinski definition) is 5. The van der Waals surface area contributed by atoms with Crippen LogP contribution in [0.3, 0.4) is 0 Å². The number of hydrogen-bond acceptors (Lipinski definition) is 8. The first-order valence-corrected chi connectivity index (χ1v) is 13.5. The quantitative estimate of drug-likeness (QED) is 0.242. The summed E-state index contributed by atoms with van der Waals surface area (Å²) >= 11 is 1.26. The minimum absolute atomic E-state index is 0.242. The molecule has 3 aromatic carbocycles. The van der Waals surface area contributed by atoms with Crippen molar-refractivity contribution in [2.75, 3.05) is 25.4 Å². The van der Waals surface area contributed by atoms with Gasteiger partial charge >= 0.3 is 0 Å². The fraction of sp³-hybridized carbons (Fsp3) is 0.241. The highest BCUT2D eigenvalue weighted by Gasteiger charge is 2.48. The van der Waals surface area contributed by atoms with Gasteiger partial charge in [0.1, 0.15) is 17.0 Å². The minimum Gasteiger partial charge on any atom is -0.457 e. The van der Waals surface area contributed by atoms with Crippen LogP contribution in [0.2, 0.25) is 0 Å². The third-order valence-corrected chi connectivity index (χ3v) is 8.78. The summed E-state index contributed by atoms with van der Waals surface area (Å²) in [6.07, 6.45) is 1.01. The molecule has 6 rings (SSSR count). The standard InChI is InChI=1S/C29H29N5O3S/c30-21-11-10-20-22-23(26(38-25(21)22)28(36)34-15-16-12-13-33-14-16)24(31)27(35)29(20,32)17-6-8-19(9-7-17)37-18-4-2-1-3-5-18/h1-11,16,24,33H,12-15,30-32H2,(H,34,36). The van der Waals surface area contributed by atoms with E-state index in [9.17, 15) is 9.59 Å². The summed E-state index contributed by atoms with van der Waals surface area (Å²) in [4.78, 5) is 27.6. The molecular formula is C29H29N5O3S. The van der Waals surface area contributed by atoms with E-state index >= 15 is 0 Å². The summed E-state index contributed by atoms with van der Waals surface area (Å²) in [5.41, 5.74) is 20.6. The number of benzene rings is 3. The van der Waals surface area contributed by atoms with Gasteiger partial charge in [-0.2, -0.15) is 0 Å². The SMILES string of the molecule is Nc1ccc2c3c(c(C(=O)NCC4CCNC4)sc13)C(N)C(=O)C2(N)c1ccc(Oc2ccccc2)cc1. The Labute approximate surface area is 224 Å². The number of Topliss-reactive ketones (excluding diaryl/α,β-unsaturated/α-hetero) is 1. The van der Waals surface area contributed by atoms with Crippen LogP contribution >= 0.6 is 11.3 Å². The van der Waals surface area contributed by atoms with Gasteiger partial charge in [-0.05, 0) is 66.9 Å². The van der Waals surface area contributed by atoms with Crippen molar-refractivity contribution in [1.82, 2.24) is 10.6 Å². The molecule has 1 aliphatic carbocycles. The Kier molecular flexibility index (Phi) is 6.16. The molecule has 3 unspecified atom stereocenters. The zero-order chi connectivity index (χ0) is 26.4. The van der Waals surface area contributed by atoms with Crippen molar-refractivity contribution in [3.05, 3.63) is 88.3 Å². The molecule has 2 heterocycles. The van der Waals surface area contributed by atoms with Crippen molar-refractivity contribution in [1.29, 1.82) is 0 Å². The maximum Gasteiger partial charge on any atom is 0.261 e. The molecule has 8 nitrogen and oxygen atoms in total. The average molecular weight is 528 g/mol. The molecule has 9 heteroatoms. The Morgan fingerprint density at radius 1 is 1.08 bits per heavy atom. The van der Waals surface area contributed by atoms with Crippen LogP contribution in [0, 0.1) is 5.92 Å². The monoisotopic (exact) mass is 527 g/mol. The van der Waals surface area contributed by atoms with Gasteiger partial charge in [0.15, 0.2) is 5.78 Å². The van der Waals surface area contributed by atoms with Crippen LogP contribution in [0.1, 0.15) is 38.8 Å². The molecule has 0 saturated carbocycles. The molecule has 1 aliphatic heterocycles. The second-order valence-electron chi connectivity index (χ2n) is 9.91. The van der Waals surface area contributed by atoms with Crippen LogP contribution in [0.4, 0.5) is 5.69 Å². The van der Waals surface area contributed by atoms with Gasteiger partial charge in [-0.25, -0.2) is 0 Å². The minimum atomic E-state index is -1.51. The maximum atomic E-state index is 13.9. The summed E-state index contributed by atoms with van der Waals surface area (Å²) in [7, 11) is 0. The molecular weight excluding hydrogens is 498 g/mol. The predicted octanol–water partition coefficient (Wildman–Crippen LogP) is 3.40. The molecule has 8 N–H and O–H groups in total. The third-order valence-electron chi connectivity index (χ3n) is 7.52. The Bertz CT molecular complexity index is 1530. The fourth-order valence-electron chi connectivity index (χ4n) is 5.46. The lowest BCUT2D eigenvalue weighted by atomic mass is 9.70. The normalized spacial score (nSPS) is 22.5. The largest absolute Gasteiger partial charge is 0.457 e.